The number of ether oxygens (including phenoxy) is 2. The number of rotatable bonds is 3. The number of fused-ring (bicyclic) bond motifs is 4. The van der Waals surface area contributed by atoms with Crippen LogP contribution in [0.25, 0.3) is 0 Å². The Bertz CT molecular complexity index is 1820. The molecule has 2 fully saturated rings. The number of hydrogen-bond acceptors (Lipinski definition) is 8. The van der Waals surface area contributed by atoms with Gasteiger partial charge < -0.3 is 14.4 Å². The molecule has 2 aromatic carbocycles. The normalized spacial score (nSPS) is 33.1. The first-order chi connectivity index (χ1) is 25.1. The van der Waals surface area contributed by atoms with Gasteiger partial charge in [0.25, 0.3) is 5.91 Å². The highest BCUT2D eigenvalue weighted by Crippen LogP contribution is 2.49. The van der Waals surface area contributed by atoms with Gasteiger partial charge in [0, 0.05) is 74.5 Å². The summed E-state index contributed by atoms with van der Waals surface area (Å²) < 4.78 is 43.1. The predicted molar refractivity (Wildman–Crippen MR) is 213 cm³/mol. The molecule has 11 heteroatoms. The summed E-state index contributed by atoms with van der Waals surface area (Å²) >= 11 is 6.51. The fourth-order valence-corrected chi connectivity index (χ4v) is 11.2. The second-order valence-electron chi connectivity index (χ2n) is 17.6. The fourth-order valence-electron chi connectivity index (χ4n) is 9.73. The summed E-state index contributed by atoms with van der Waals surface area (Å²) in [5.41, 5.74) is 3.05. The molecular formula is C42H59ClN4O5S. The lowest BCUT2D eigenvalue weighted by Gasteiger charge is -2.52. The van der Waals surface area contributed by atoms with E-state index in [1.54, 1.807) is 13.0 Å². The molecule has 1 N–H and O–H groups in total. The highest BCUT2D eigenvalue weighted by atomic mass is 35.5. The van der Waals surface area contributed by atoms with Crippen LogP contribution in [-0.2, 0) is 26.6 Å². The van der Waals surface area contributed by atoms with Crippen LogP contribution in [0.2, 0.25) is 5.02 Å². The number of halogens is 1. The maximum absolute atomic E-state index is 13.7. The van der Waals surface area contributed by atoms with Crippen LogP contribution in [0.4, 0.5) is 5.69 Å². The van der Waals surface area contributed by atoms with Crippen molar-refractivity contribution in [3.8, 4) is 5.75 Å². The summed E-state index contributed by atoms with van der Waals surface area (Å²) in [5, 5.41) is -0.0256. The van der Waals surface area contributed by atoms with Crippen LogP contribution < -0.4 is 14.4 Å². The van der Waals surface area contributed by atoms with Gasteiger partial charge in [0.2, 0.25) is 10.0 Å². The van der Waals surface area contributed by atoms with Crippen molar-refractivity contribution in [2.45, 2.75) is 94.9 Å². The molecule has 0 aromatic heterocycles. The maximum atomic E-state index is 13.7. The van der Waals surface area contributed by atoms with Crippen molar-refractivity contribution >= 4 is 33.2 Å². The number of hydrogen-bond donors (Lipinski definition) is 1. The van der Waals surface area contributed by atoms with E-state index in [0.717, 1.165) is 94.4 Å². The summed E-state index contributed by atoms with van der Waals surface area (Å²) in [5.74, 6) is 0.496. The Balaban J connectivity index is 1.28. The van der Waals surface area contributed by atoms with Crippen LogP contribution in [0.3, 0.4) is 0 Å². The van der Waals surface area contributed by atoms with Gasteiger partial charge in [0.05, 0.1) is 17.5 Å². The number of aryl methyl sites for hydroxylation is 1. The Morgan fingerprint density at radius 2 is 1.83 bits per heavy atom. The largest absolute Gasteiger partial charge is 0.490 e. The van der Waals surface area contributed by atoms with E-state index in [1.807, 2.05) is 32.2 Å². The van der Waals surface area contributed by atoms with E-state index in [-0.39, 0.29) is 22.8 Å². The van der Waals surface area contributed by atoms with Gasteiger partial charge in [0.1, 0.15) is 11.4 Å². The van der Waals surface area contributed by atoms with Gasteiger partial charge in [-0.25, -0.2) is 13.1 Å². The molecule has 3 heterocycles. The average molecular weight is 767 g/mol. The summed E-state index contributed by atoms with van der Waals surface area (Å²) in [6.45, 7) is 17.3. The van der Waals surface area contributed by atoms with E-state index >= 15 is 0 Å². The van der Waals surface area contributed by atoms with Crippen LogP contribution in [-0.4, -0.2) is 100 Å². The molecule has 290 valence electrons. The predicted octanol–water partition coefficient (Wildman–Crippen LogP) is 6.68. The van der Waals surface area contributed by atoms with Gasteiger partial charge >= 0.3 is 0 Å². The van der Waals surface area contributed by atoms with Crippen molar-refractivity contribution in [2.75, 3.05) is 64.4 Å². The lowest BCUT2D eigenvalue weighted by molar-refractivity contribution is -0.0975. The molecule has 3 aliphatic heterocycles. The molecule has 53 heavy (non-hydrogen) atoms. The van der Waals surface area contributed by atoms with Crippen LogP contribution in [0, 0.1) is 17.8 Å². The Morgan fingerprint density at radius 3 is 2.53 bits per heavy atom. The van der Waals surface area contributed by atoms with E-state index in [0.29, 0.717) is 24.5 Å². The molecule has 1 saturated heterocycles. The van der Waals surface area contributed by atoms with Crippen molar-refractivity contribution in [2.24, 2.45) is 17.8 Å². The zero-order chi connectivity index (χ0) is 37.8. The zero-order valence-electron chi connectivity index (χ0n) is 32.5. The van der Waals surface area contributed by atoms with Crippen LogP contribution in [0.1, 0.15) is 88.2 Å². The minimum absolute atomic E-state index is 0.133. The monoisotopic (exact) mass is 766 g/mol. The number of carbonyl (C=O) groups is 1. The topological polar surface area (TPSA) is 91.4 Å². The molecule has 9 nitrogen and oxygen atoms in total. The second kappa shape index (κ2) is 14.8. The minimum Gasteiger partial charge on any atom is -0.490 e. The average Bonchev–Trinajstić information content (AvgIpc) is 3.25. The molecule has 2 aromatic rings. The van der Waals surface area contributed by atoms with Crippen LogP contribution >= 0.6 is 11.6 Å². The number of methoxy groups -OCH3 is 1. The molecule has 6 atom stereocenters. The van der Waals surface area contributed by atoms with Crippen molar-refractivity contribution in [1.29, 1.82) is 0 Å². The van der Waals surface area contributed by atoms with E-state index in [1.165, 1.54) is 11.1 Å². The lowest BCUT2D eigenvalue weighted by atomic mass is 9.63. The first kappa shape index (κ1) is 38.6. The summed E-state index contributed by atoms with van der Waals surface area (Å²) in [4.78, 5) is 21.2. The van der Waals surface area contributed by atoms with Crippen molar-refractivity contribution in [1.82, 2.24) is 14.5 Å². The van der Waals surface area contributed by atoms with Crippen molar-refractivity contribution < 1.29 is 22.7 Å². The third-order valence-corrected chi connectivity index (χ3v) is 15.6. The number of anilines is 1. The van der Waals surface area contributed by atoms with Gasteiger partial charge in [-0.3, -0.25) is 14.6 Å². The van der Waals surface area contributed by atoms with E-state index < -0.39 is 26.8 Å². The number of amides is 1. The smallest absolute Gasteiger partial charge is 0.264 e. The molecule has 1 spiro atoms. The molecule has 7 rings (SSSR count). The van der Waals surface area contributed by atoms with Crippen LogP contribution in [0.15, 0.2) is 48.6 Å². The maximum Gasteiger partial charge on any atom is 0.264 e. The number of sulfonamides is 1. The Kier molecular flexibility index (Phi) is 10.8. The molecule has 2 aliphatic carbocycles. The SMILES string of the molecule is CO[C@]1(CN2CCN(C(C)(C)C)CC2)/C=C\C[C@H](C)[C@@H](C)S(=O)(=O)NC(=O)c2ccc3c(c2)N(C[C@@H]2CC[C@H]21)C[C@@]1(CCCc2cc(Cl)ccc21)CO3. The van der Waals surface area contributed by atoms with E-state index in [4.69, 9.17) is 21.1 Å². The molecule has 2 bridgehead atoms. The molecular weight excluding hydrogens is 708 g/mol. The van der Waals surface area contributed by atoms with Crippen molar-refractivity contribution in [3.63, 3.8) is 0 Å². The number of allylic oxidation sites excluding steroid dienone is 1. The van der Waals surface area contributed by atoms with Crippen molar-refractivity contribution in [3.05, 3.63) is 70.3 Å². The highest BCUT2D eigenvalue weighted by Gasteiger charge is 2.50. The summed E-state index contributed by atoms with van der Waals surface area (Å²) in [6.07, 6.45) is 10.1. The number of carbonyl (C=O) groups excluding carboxylic acids is 1. The standard InChI is InChI=1S/C42H59ClN4O5S/c1-29-9-7-18-42(51-6,27-45-19-21-47(22-20-45)40(3,4)5)36-14-11-33(36)25-46-26-41(17-8-10-31-23-34(43)13-15-35(31)41)28-52-38-16-12-32(24-37(38)46)39(48)44-53(49,50)30(29)2/h7,12-13,15-16,18,23-24,29-30,33,36H,8-11,14,17,19-22,25-28H2,1-6H3,(H,44,48)/b18-7-/t29-,30+,33-,36+,41-,42-/m0/s1. The number of nitrogens with zero attached hydrogens (tertiary/aromatic N) is 3. The first-order valence-electron chi connectivity index (χ1n) is 19.7. The molecule has 1 amide bonds. The summed E-state index contributed by atoms with van der Waals surface area (Å²) in [6, 6.07) is 11.7. The van der Waals surface area contributed by atoms with E-state index in [2.05, 4.69) is 64.5 Å². The Morgan fingerprint density at radius 1 is 1.06 bits per heavy atom. The van der Waals surface area contributed by atoms with Gasteiger partial charge in [0.15, 0.2) is 0 Å². The minimum atomic E-state index is -3.95. The second-order valence-corrected chi connectivity index (χ2v) is 20.1. The van der Waals surface area contributed by atoms with Gasteiger partial charge in [-0.05, 0) is 125 Å². The lowest BCUT2D eigenvalue weighted by Crippen LogP contribution is -2.60. The van der Waals surface area contributed by atoms with E-state index in [9.17, 15) is 13.2 Å². The molecule has 0 radical (unpaired) electrons. The third-order valence-electron chi connectivity index (χ3n) is 13.4. The van der Waals surface area contributed by atoms with Crippen LogP contribution in [0.5, 0.6) is 5.75 Å². The number of piperazine rings is 1. The summed E-state index contributed by atoms with van der Waals surface area (Å²) in [7, 11) is -2.10. The first-order valence-corrected chi connectivity index (χ1v) is 21.6. The molecule has 0 unspecified atom stereocenters. The van der Waals surface area contributed by atoms with Gasteiger partial charge in [-0.1, -0.05) is 36.7 Å². The third kappa shape index (κ3) is 7.65. The number of benzene rings is 2. The highest BCUT2D eigenvalue weighted by molar-refractivity contribution is 7.90. The van der Waals surface area contributed by atoms with Gasteiger partial charge in [-0.2, -0.15) is 0 Å². The number of nitrogens with one attached hydrogen (secondary N) is 1. The zero-order valence-corrected chi connectivity index (χ0v) is 34.1. The quantitative estimate of drug-likeness (QED) is 0.346. The molecule has 1 saturated carbocycles. The molecule has 5 aliphatic rings. The fraction of sp³-hybridized carbons (Fsp3) is 0.643. The Hall–Kier alpha value is -2.63. The van der Waals surface area contributed by atoms with Gasteiger partial charge in [-0.15, -0.1) is 0 Å². The Labute approximate surface area is 322 Å².